The van der Waals surface area contributed by atoms with Crippen LogP contribution in [0.4, 0.5) is 5.69 Å². The Labute approximate surface area is 203 Å². The summed E-state index contributed by atoms with van der Waals surface area (Å²) in [5.74, 6) is -0.0367. The molecule has 0 saturated carbocycles. The number of carbonyl (C=O) groups is 1. The third kappa shape index (κ3) is 4.09. The van der Waals surface area contributed by atoms with E-state index in [0.29, 0.717) is 6.61 Å². The summed E-state index contributed by atoms with van der Waals surface area (Å²) in [5.41, 5.74) is 7.10. The molecule has 4 aromatic rings. The Balaban J connectivity index is 1.26. The number of aromatic amines is 1. The van der Waals surface area contributed by atoms with Gasteiger partial charge in [0.15, 0.2) is 0 Å². The van der Waals surface area contributed by atoms with Crippen LogP contribution in [0.25, 0.3) is 22.2 Å². The predicted octanol–water partition coefficient (Wildman–Crippen LogP) is 5.57. The Morgan fingerprint density at radius 3 is 2.57 bits per heavy atom. The number of nitrogens with zero attached hydrogens (tertiary/aromatic N) is 2. The lowest BCUT2D eigenvalue weighted by Gasteiger charge is -2.26. The number of H-pyrrole nitrogens is 1. The van der Waals surface area contributed by atoms with Crippen LogP contribution < -0.4 is 5.32 Å². The number of rotatable bonds is 4. The maximum Gasteiger partial charge on any atom is 0.228 e. The van der Waals surface area contributed by atoms with Gasteiger partial charge in [0.1, 0.15) is 5.69 Å². The lowest BCUT2D eigenvalue weighted by Crippen LogP contribution is -2.23. The monoisotopic (exact) mass is 462 g/mol. The second-order valence-corrected chi connectivity index (χ2v) is 9.51. The summed E-state index contributed by atoms with van der Waals surface area (Å²) in [6.45, 7) is 0.456. The normalized spacial score (nSPS) is 19.9. The van der Waals surface area contributed by atoms with Crippen LogP contribution in [0.3, 0.4) is 0 Å². The van der Waals surface area contributed by atoms with Crippen LogP contribution in [-0.2, 0) is 22.4 Å². The molecular formula is C29H26N4O2. The molecule has 2 N–H and O–H groups in total. The Kier molecular flexibility index (Phi) is 5.55. The third-order valence-electron chi connectivity index (χ3n) is 7.25. The fourth-order valence-corrected chi connectivity index (χ4v) is 5.41. The molecule has 1 aromatic heterocycles. The molecule has 1 fully saturated rings. The van der Waals surface area contributed by atoms with Gasteiger partial charge in [-0.2, -0.15) is 10.4 Å². The van der Waals surface area contributed by atoms with E-state index in [4.69, 9.17) is 4.74 Å². The lowest BCUT2D eigenvalue weighted by molar-refractivity contribution is -0.119. The topological polar surface area (TPSA) is 90.8 Å². The number of carbonyl (C=O) groups excluding carboxylic acids is 1. The maximum absolute atomic E-state index is 13.0. The average molecular weight is 463 g/mol. The first-order chi connectivity index (χ1) is 17.2. The van der Waals surface area contributed by atoms with E-state index in [9.17, 15) is 10.1 Å². The zero-order chi connectivity index (χ0) is 23.8. The molecule has 0 spiro atoms. The molecule has 6 nitrogen and oxygen atoms in total. The second kappa shape index (κ2) is 9.01. The van der Waals surface area contributed by atoms with E-state index in [1.807, 2.05) is 48.5 Å². The summed E-state index contributed by atoms with van der Waals surface area (Å²) in [6, 6.07) is 24.6. The van der Waals surface area contributed by atoms with Crippen molar-refractivity contribution in [2.75, 3.05) is 11.9 Å². The highest BCUT2D eigenvalue weighted by atomic mass is 16.5. The quantitative estimate of drug-likeness (QED) is 0.415. The van der Waals surface area contributed by atoms with Crippen molar-refractivity contribution in [3.8, 4) is 17.3 Å². The van der Waals surface area contributed by atoms with Gasteiger partial charge in [-0.3, -0.25) is 9.89 Å². The van der Waals surface area contributed by atoms with Crippen molar-refractivity contribution in [3.63, 3.8) is 0 Å². The summed E-state index contributed by atoms with van der Waals surface area (Å²) in [6.07, 6.45) is 3.14. The zero-order valence-corrected chi connectivity index (χ0v) is 19.3. The Hall–Kier alpha value is -3.95. The van der Waals surface area contributed by atoms with Crippen molar-refractivity contribution in [3.05, 3.63) is 83.4 Å². The molecule has 0 radical (unpaired) electrons. The van der Waals surface area contributed by atoms with Crippen LogP contribution in [0.1, 0.15) is 35.6 Å². The van der Waals surface area contributed by atoms with Gasteiger partial charge in [-0.1, -0.05) is 48.5 Å². The van der Waals surface area contributed by atoms with Gasteiger partial charge in [0.2, 0.25) is 5.91 Å². The number of ether oxygens (including phenoxy) is 1. The fourth-order valence-electron chi connectivity index (χ4n) is 5.41. The molecule has 2 aliphatic rings. The summed E-state index contributed by atoms with van der Waals surface area (Å²) in [5, 5.41) is 21.2. The number of aromatic nitrogens is 2. The molecule has 2 atom stereocenters. The van der Waals surface area contributed by atoms with E-state index in [0.717, 1.165) is 59.1 Å². The molecule has 2 heterocycles. The number of anilines is 1. The van der Waals surface area contributed by atoms with Crippen LogP contribution in [0, 0.1) is 23.2 Å². The van der Waals surface area contributed by atoms with Gasteiger partial charge >= 0.3 is 0 Å². The predicted molar refractivity (Wildman–Crippen MR) is 135 cm³/mol. The largest absolute Gasteiger partial charge is 0.372 e. The molecule has 1 aliphatic carbocycles. The van der Waals surface area contributed by atoms with E-state index in [-0.39, 0.29) is 23.8 Å². The Morgan fingerprint density at radius 1 is 1.03 bits per heavy atom. The molecule has 35 heavy (non-hydrogen) atoms. The smallest absolute Gasteiger partial charge is 0.228 e. The van der Waals surface area contributed by atoms with Crippen molar-refractivity contribution in [1.82, 2.24) is 10.2 Å². The number of fused-ring (bicyclic) bond motifs is 2. The number of hydrogen-bond acceptors (Lipinski definition) is 4. The summed E-state index contributed by atoms with van der Waals surface area (Å²) < 4.78 is 6.07. The molecule has 2 unspecified atom stereocenters. The Bertz CT molecular complexity index is 1420. The zero-order valence-electron chi connectivity index (χ0n) is 19.3. The average Bonchev–Trinajstić information content (AvgIpc) is 3.54. The molecule has 1 amide bonds. The van der Waals surface area contributed by atoms with Gasteiger partial charge < -0.3 is 10.1 Å². The summed E-state index contributed by atoms with van der Waals surface area (Å²) >= 11 is 0. The van der Waals surface area contributed by atoms with Gasteiger partial charge in [-0.05, 0) is 60.6 Å². The van der Waals surface area contributed by atoms with E-state index < -0.39 is 0 Å². The van der Waals surface area contributed by atoms with E-state index in [2.05, 4.69) is 39.8 Å². The first-order valence-corrected chi connectivity index (χ1v) is 12.2. The number of benzene rings is 3. The molecule has 0 bridgehead atoms. The van der Waals surface area contributed by atoms with Gasteiger partial charge in [0.25, 0.3) is 0 Å². The first-order valence-electron chi connectivity index (χ1n) is 12.2. The van der Waals surface area contributed by atoms with Gasteiger partial charge in [0, 0.05) is 22.6 Å². The minimum Gasteiger partial charge on any atom is -0.372 e. The fraction of sp³-hybridized carbons (Fsp3) is 0.276. The highest BCUT2D eigenvalue weighted by molar-refractivity contribution is 5.98. The van der Waals surface area contributed by atoms with E-state index >= 15 is 0 Å². The molecule has 3 aromatic carbocycles. The van der Waals surface area contributed by atoms with Crippen LogP contribution >= 0.6 is 0 Å². The standard InChI is InChI=1S/C29H26N4O2/c30-16-18-11-12-26(35-17-18)24-9-4-10-25-27(24)28(33-32-25)21-7-3-8-23(15-21)31-29(34)22-13-19-5-1-2-6-20(19)14-22/h1-10,15,18,22,26H,11-14,17H2,(H,31,34)(H,32,33). The minimum absolute atomic E-state index is 0.0396. The SMILES string of the molecule is N#CC1CCC(c2cccc3[nH]nc(-c4cccc(NC(=O)C5Cc6ccccc6C5)c4)c23)OC1. The third-order valence-corrected chi connectivity index (χ3v) is 7.25. The van der Waals surface area contributed by atoms with Crippen LogP contribution in [0.5, 0.6) is 0 Å². The highest BCUT2D eigenvalue weighted by Crippen LogP contribution is 2.38. The lowest BCUT2D eigenvalue weighted by atomic mass is 9.92. The van der Waals surface area contributed by atoms with Crippen molar-refractivity contribution in [1.29, 1.82) is 5.26 Å². The van der Waals surface area contributed by atoms with Gasteiger partial charge in [-0.15, -0.1) is 0 Å². The van der Waals surface area contributed by atoms with E-state index in [1.54, 1.807) is 0 Å². The number of nitriles is 1. The Morgan fingerprint density at radius 2 is 1.83 bits per heavy atom. The van der Waals surface area contributed by atoms with Crippen LogP contribution in [0.15, 0.2) is 66.7 Å². The van der Waals surface area contributed by atoms with Crippen LogP contribution in [-0.4, -0.2) is 22.7 Å². The van der Waals surface area contributed by atoms with Crippen molar-refractivity contribution >= 4 is 22.5 Å². The molecule has 6 heteroatoms. The van der Waals surface area contributed by atoms with Gasteiger partial charge in [-0.25, -0.2) is 0 Å². The van der Waals surface area contributed by atoms with E-state index in [1.165, 1.54) is 11.1 Å². The molecule has 1 saturated heterocycles. The summed E-state index contributed by atoms with van der Waals surface area (Å²) in [7, 11) is 0. The van der Waals surface area contributed by atoms with Gasteiger partial charge in [0.05, 0.1) is 30.2 Å². The van der Waals surface area contributed by atoms with Crippen LogP contribution in [0.2, 0.25) is 0 Å². The van der Waals surface area contributed by atoms with Crippen molar-refractivity contribution in [2.45, 2.75) is 31.8 Å². The second-order valence-electron chi connectivity index (χ2n) is 9.51. The molecular weight excluding hydrogens is 436 g/mol. The maximum atomic E-state index is 13.0. The molecule has 1 aliphatic heterocycles. The number of amides is 1. The van der Waals surface area contributed by atoms with Crippen molar-refractivity contribution < 1.29 is 9.53 Å². The molecule has 174 valence electrons. The highest BCUT2D eigenvalue weighted by Gasteiger charge is 2.28. The minimum atomic E-state index is -0.0634. The van der Waals surface area contributed by atoms with Crippen molar-refractivity contribution in [2.24, 2.45) is 11.8 Å². The number of nitrogens with one attached hydrogen (secondary N) is 2. The summed E-state index contributed by atoms with van der Waals surface area (Å²) in [4.78, 5) is 13.0. The molecule has 6 rings (SSSR count). The number of hydrogen-bond donors (Lipinski definition) is 2. The first kappa shape index (κ1) is 21.6.